The second-order valence-corrected chi connectivity index (χ2v) is 6.54. The Morgan fingerprint density at radius 1 is 0.929 bits per heavy atom. The highest BCUT2D eigenvalue weighted by Gasteiger charge is 2.46. The molecule has 28 heavy (non-hydrogen) atoms. The molecule has 0 aromatic heterocycles. The Kier molecular flexibility index (Phi) is 5.88. The largest absolute Gasteiger partial charge is 0.435 e. The lowest BCUT2D eigenvalue weighted by Gasteiger charge is -2.30. The van der Waals surface area contributed by atoms with E-state index >= 15 is 0 Å². The number of rotatable bonds is 7. The molecule has 0 saturated heterocycles. The Morgan fingerprint density at radius 2 is 1.43 bits per heavy atom. The molecular formula is C20H18F4O4. The van der Waals surface area contributed by atoms with Gasteiger partial charge in [0.2, 0.25) is 0 Å². The average Bonchev–Trinajstić information content (AvgIpc) is 3.04. The van der Waals surface area contributed by atoms with E-state index in [1.165, 1.54) is 48.5 Å². The van der Waals surface area contributed by atoms with Crippen molar-refractivity contribution >= 4 is 5.78 Å². The predicted octanol–water partition coefficient (Wildman–Crippen LogP) is 4.76. The summed E-state index contributed by atoms with van der Waals surface area (Å²) in [5.41, 5.74) is -0.745. The van der Waals surface area contributed by atoms with Crippen LogP contribution in [0.2, 0.25) is 0 Å². The molecule has 0 amide bonds. The molecule has 0 aliphatic heterocycles. The van der Waals surface area contributed by atoms with Crippen molar-refractivity contribution < 1.29 is 36.9 Å². The number of carbonyl (C=O) groups excluding carboxylic acids is 1. The molecule has 4 nitrogen and oxygen atoms in total. The highest BCUT2D eigenvalue weighted by Crippen LogP contribution is 2.45. The van der Waals surface area contributed by atoms with E-state index in [0.717, 1.165) is 0 Å². The quantitative estimate of drug-likeness (QED) is 0.540. The van der Waals surface area contributed by atoms with Crippen LogP contribution in [0.1, 0.15) is 35.2 Å². The summed E-state index contributed by atoms with van der Waals surface area (Å²) in [6, 6.07) is 10.8. The number of hydrogen-bond acceptors (Lipinski definition) is 4. The number of Topliss-reactive ketones (excluding diaryl/α,β-unsaturated/α-hetero) is 1. The van der Waals surface area contributed by atoms with E-state index in [-0.39, 0.29) is 22.8 Å². The van der Waals surface area contributed by atoms with Crippen LogP contribution < -0.4 is 9.47 Å². The standard InChI is InChI=1S/C20H18F4O4/c21-18(22)27-14-7-3-12(4-8-14)17(25)16-2-1-11-20(16,26)13-5-9-15(10-6-13)28-19(23)24/h3-10,16,18-19,26H,1-2,11H2/t16-,20+/m0/s1. The molecule has 2 atom stereocenters. The normalized spacial score (nSPS) is 21.9. The molecule has 1 aliphatic rings. The first-order valence-electron chi connectivity index (χ1n) is 8.66. The van der Waals surface area contributed by atoms with Crippen molar-refractivity contribution in [2.45, 2.75) is 38.1 Å². The van der Waals surface area contributed by atoms with E-state index in [2.05, 4.69) is 9.47 Å². The maximum absolute atomic E-state index is 12.9. The number of benzene rings is 2. The van der Waals surface area contributed by atoms with Crippen LogP contribution in [-0.2, 0) is 5.60 Å². The highest BCUT2D eigenvalue weighted by molar-refractivity contribution is 5.99. The van der Waals surface area contributed by atoms with E-state index in [9.17, 15) is 27.5 Å². The smallest absolute Gasteiger partial charge is 0.387 e. The van der Waals surface area contributed by atoms with E-state index < -0.39 is 24.7 Å². The molecule has 2 aromatic rings. The van der Waals surface area contributed by atoms with Crippen molar-refractivity contribution in [3.05, 3.63) is 59.7 Å². The minimum absolute atomic E-state index is 0.0437. The fourth-order valence-electron chi connectivity index (χ4n) is 3.61. The number of ketones is 1. The lowest BCUT2D eigenvalue weighted by Crippen LogP contribution is -2.35. The number of halogens is 4. The molecule has 0 spiro atoms. The number of ether oxygens (including phenoxy) is 2. The summed E-state index contributed by atoms with van der Waals surface area (Å²) in [4.78, 5) is 12.9. The van der Waals surface area contributed by atoms with Gasteiger partial charge in [0.1, 0.15) is 11.5 Å². The second-order valence-electron chi connectivity index (χ2n) is 6.54. The van der Waals surface area contributed by atoms with Crippen molar-refractivity contribution in [2.24, 2.45) is 5.92 Å². The summed E-state index contributed by atoms with van der Waals surface area (Å²) in [6.07, 6.45) is 1.39. The summed E-state index contributed by atoms with van der Waals surface area (Å²) >= 11 is 0. The molecule has 1 fully saturated rings. The van der Waals surface area contributed by atoms with Gasteiger partial charge in [-0.05, 0) is 61.2 Å². The van der Waals surface area contributed by atoms with E-state index in [0.29, 0.717) is 24.8 Å². The van der Waals surface area contributed by atoms with Crippen molar-refractivity contribution in [3.63, 3.8) is 0 Å². The number of hydrogen-bond donors (Lipinski definition) is 1. The Balaban J connectivity index is 1.80. The van der Waals surface area contributed by atoms with Crippen molar-refractivity contribution in [3.8, 4) is 11.5 Å². The van der Waals surface area contributed by atoms with Crippen molar-refractivity contribution in [1.29, 1.82) is 0 Å². The van der Waals surface area contributed by atoms with Gasteiger partial charge in [0.25, 0.3) is 0 Å². The van der Waals surface area contributed by atoms with Gasteiger partial charge in [0.05, 0.1) is 11.5 Å². The molecule has 1 saturated carbocycles. The fraction of sp³-hybridized carbons (Fsp3) is 0.350. The molecule has 2 aromatic carbocycles. The summed E-state index contributed by atoms with van der Waals surface area (Å²) in [7, 11) is 0. The fourth-order valence-corrected chi connectivity index (χ4v) is 3.61. The molecule has 150 valence electrons. The van der Waals surface area contributed by atoms with Crippen LogP contribution in [-0.4, -0.2) is 24.1 Å². The molecule has 0 heterocycles. The zero-order chi connectivity index (χ0) is 20.3. The Morgan fingerprint density at radius 3 is 1.93 bits per heavy atom. The second kappa shape index (κ2) is 8.18. The summed E-state index contributed by atoms with van der Waals surface area (Å²) in [5, 5.41) is 11.2. The highest BCUT2D eigenvalue weighted by atomic mass is 19.3. The topological polar surface area (TPSA) is 55.8 Å². The SMILES string of the molecule is O=C(c1ccc(OC(F)F)cc1)[C@@H]1CCC[C@@]1(O)c1ccc(OC(F)F)cc1. The van der Waals surface area contributed by atoms with Crippen LogP contribution in [0.4, 0.5) is 17.6 Å². The third kappa shape index (κ3) is 4.27. The number of aliphatic hydroxyl groups is 1. The first kappa shape index (κ1) is 20.1. The molecule has 3 rings (SSSR count). The first-order chi connectivity index (χ1) is 13.3. The van der Waals surface area contributed by atoms with Crippen molar-refractivity contribution in [1.82, 2.24) is 0 Å². The van der Waals surface area contributed by atoms with Gasteiger partial charge >= 0.3 is 13.2 Å². The van der Waals surface area contributed by atoms with E-state index in [1.807, 2.05) is 0 Å². The third-order valence-corrected chi connectivity index (χ3v) is 4.89. The predicted molar refractivity (Wildman–Crippen MR) is 91.7 cm³/mol. The minimum Gasteiger partial charge on any atom is -0.435 e. The van der Waals surface area contributed by atoms with Crippen molar-refractivity contribution in [2.75, 3.05) is 0 Å². The third-order valence-electron chi connectivity index (χ3n) is 4.89. The summed E-state index contributed by atoms with van der Waals surface area (Å²) in [6.45, 7) is -5.91. The molecular weight excluding hydrogens is 380 g/mol. The molecule has 0 radical (unpaired) electrons. The maximum atomic E-state index is 12.9. The summed E-state index contributed by atoms with van der Waals surface area (Å²) < 4.78 is 57.6. The number of carbonyl (C=O) groups is 1. The van der Waals surface area contributed by atoms with Gasteiger partial charge in [-0.15, -0.1) is 0 Å². The Hall–Kier alpha value is -2.61. The monoisotopic (exact) mass is 398 g/mol. The van der Waals surface area contributed by atoms with Crippen LogP contribution in [0.3, 0.4) is 0 Å². The van der Waals surface area contributed by atoms with Gasteiger partial charge in [-0.3, -0.25) is 4.79 Å². The molecule has 0 bridgehead atoms. The van der Waals surface area contributed by atoms with Gasteiger partial charge < -0.3 is 14.6 Å². The van der Waals surface area contributed by atoms with Crippen LogP contribution in [0.25, 0.3) is 0 Å². The molecule has 8 heteroatoms. The van der Waals surface area contributed by atoms with Gasteiger partial charge in [-0.1, -0.05) is 12.1 Å². The van der Waals surface area contributed by atoms with E-state index in [1.54, 1.807) is 0 Å². The lowest BCUT2D eigenvalue weighted by atomic mass is 9.79. The molecule has 1 N–H and O–H groups in total. The first-order valence-corrected chi connectivity index (χ1v) is 8.66. The maximum Gasteiger partial charge on any atom is 0.387 e. The van der Waals surface area contributed by atoms with Gasteiger partial charge in [-0.25, -0.2) is 0 Å². The average molecular weight is 398 g/mol. The van der Waals surface area contributed by atoms with Gasteiger partial charge in [-0.2, -0.15) is 17.6 Å². The van der Waals surface area contributed by atoms with Gasteiger partial charge in [0, 0.05) is 5.56 Å². The number of alkyl halides is 4. The molecule has 1 aliphatic carbocycles. The minimum atomic E-state index is -2.96. The lowest BCUT2D eigenvalue weighted by molar-refractivity contribution is -0.0505. The molecule has 0 unspecified atom stereocenters. The van der Waals surface area contributed by atoms with Gasteiger partial charge in [0.15, 0.2) is 5.78 Å². The van der Waals surface area contributed by atoms with Crippen LogP contribution in [0.5, 0.6) is 11.5 Å². The Bertz CT molecular complexity index is 808. The zero-order valence-corrected chi connectivity index (χ0v) is 14.7. The zero-order valence-electron chi connectivity index (χ0n) is 14.7. The van der Waals surface area contributed by atoms with E-state index in [4.69, 9.17) is 0 Å². The summed E-state index contributed by atoms with van der Waals surface area (Å²) in [5.74, 6) is -1.17. The van der Waals surface area contributed by atoms with Crippen LogP contribution in [0.15, 0.2) is 48.5 Å². The van der Waals surface area contributed by atoms with Crippen LogP contribution in [0, 0.1) is 5.92 Å². The van der Waals surface area contributed by atoms with Crippen LogP contribution >= 0.6 is 0 Å². The Labute approximate surface area is 158 Å².